The highest BCUT2D eigenvalue weighted by Gasteiger charge is 2.17. The SMILES string of the molecule is CCOc1cccc(C(=O)Cc2c(F)ccc(Br)c2F)c1. The van der Waals surface area contributed by atoms with Crippen LogP contribution in [0.1, 0.15) is 22.8 Å². The van der Waals surface area contributed by atoms with Crippen LogP contribution in [0.3, 0.4) is 0 Å². The normalized spacial score (nSPS) is 10.5. The molecule has 0 aliphatic heterocycles. The molecule has 0 aromatic heterocycles. The second-order valence-electron chi connectivity index (χ2n) is 4.38. The van der Waals surface area contributed by atoms with Crippen molar-refractivity contribution >= 4 is 21.7 Å². The number of ether oxygens (including phenoxy) is 1. The molecule has 2 rings (SSSR count). The van der Waals surface area contributed by atoms with Crippen molar-refractivity contribution in [2.24, 2.45) is 0 Å². The number of Topliss-reactive ketones (excluding diaryl/α,β-unsaturated/α-hetero) is 1. The number of benzene rings is 2. The van der Waals surface area contributed by atoms with Gasteiger partial charge in [-0.25, -0.2) is 8.78 Å². The predicted molar refractivity (Wildman–Crippen MR) is 79.7 cm³/mol. The average molecular weight is 355 g/mol. The molecule has 2 nitrogen and oxygen atoms in total. The zero-order valence-corrected chi connectivity index (χ0v) is 12.9. The van der Waals surface area contributed by atoms with E-state index < -0.39 is 11.6 Å². The van der Waals surface area contributed by atoms with Crippen LogP contribution in [0.15, 0.2) is 40.9 Å². The molecule has 0 bridgehead atoms. The Morgan fingerprint density at radius 3 is 2.71 bits per heavy atom. The van der Waals surface area contributed by atoms with Crippen LogP contribution < -0.4 is 4.74 Å². The number of ketones is 1. The standard InChI is InChI=1S/C16H13BrF2O2/c1-2-21-11-5-3-4-10(8-11)15(20)9-12-14(18)7-6-13(17)16(12)19/h3-8H,2,9H2,1H3. The number of halogens is 3. The third kappa shape index (κ3) is 3.67. The minimum absolute atomic E-state index is 0.134. The third-order valence-electron chi connectivity index (χ3n) is 2.94. The van der Waals surface area contributed by atoms with Crippen molar-refractivity contribution in [3.8, 4) is 5.75 Å². The molecule has 0 saturated carbocycles. The fourth-order valence-electron chi connectivity index (χ4n) is 1.92. The lowest BCUT2D eigenvalue weighted by Gasteiger charge is -2.08. The van der Waals surface area contributed by atoms with Gasteiger partial charge in [0, 0.05) is 17.5 Å². The fraction of sp³-hybridized carbons (Fsp3) is 0.188. The summed E-state index contributed by atoms with van der Waals surface area (Å²) in [5.41, 5.74) is 0.121. The van der Waals surface area contributed by atoms with Gasteiger partial charge >= 0.3 is 0 Å². The lowest BCUT2D eigenvalue weighted by atomic mass is 10.0. The Bertz CT molecular complexity index is 671. The molecule has 0 radical (unpaired) electrons. The van der Waals surface area contributed by atoms with Crippen LogP contribution in [0.4, 0.5) is 8.78 Å². The highest BCUT2D eigenvalue weighted by molar-refractivity contribution is 9.10. The van der Waals surface area contributed by atoms with E-state index in [1.165, 1.54) is 6.07 Å². The van der Waals surface area contributed by atoms with E-state index in [1.807, 2.05) is 6.92 Å². The van der Waals surface area contributed by atoms with E-state index in [4.69, 9.17) is 4.74 Å². The van der Waals surface area contributed by atoms with Crippen LogP contribution in [0.25, 0.3) is 0 Å². The molecule has 110 valence electrons. The molecular weight excluding hydrogens is 342 g/mol. The quantitative estimate of drug-likeness (QED) is 0.581. The van der Waals surface area contributed by atoms with Gasteiger partial charge in [-0.3, -0.25) is 4.79 Å². The smallest absolute Gasteiger partial charge is 0.167 e. The summed E-state index contributed by atoms with van der Waals surface area (Å²) in [7, 11) is 0. The second-order valence-corrected chi connectivity index (χ2v) is 5.24. The van der Waals surface area contributed by atoms with Gasteiger partial charge < -0.3 is 4.74 Å². The van der Waals surface area contributed by atoms with E-state index in [9.17, 15) is 13.6 Å². The highest BCUT2D eigenvalue weighted by Crippen LogP contribution is 2.23. The van der Waals surface area contributed by atoms with E-state index >= 15 is 0 Å². The first kappa shape index (κ1) is 15.6. The molecule has 2 aromatic carbocycles. The largest absolute Gasteiger partial charge is 0.494 e. The first-order chi connectivity index (χ1) is 10.0. The van der Waals surface area contributed by atoms with Gasteiger partial charge in [0.1, 0.15) is 17.4 Å². The first-order valence-electron chi connectivity index (χ1n) is 6.41. The summed E-state index contributed by atoms with van der Waals surface area (Å²) in [6.07, 6.45) is -0.341. The van der Waals surface area contributed by atoms with Gasteiger partial charge in [0.05, 0.1) is 11.1 Å². The maximum atomic E-state index is 13.9. The monoisotopic (exact) mass is 354 g/mol. The van der Waals surface area contributed by atoms with Crippen molar-refractivity contribution < 1.29 is 18.3 Å². The molecule has 0 spiro atoms. The molecule has 5 heteroatoms. The van der Waals surface area contributed by atoms with Crippen LogP contribution in [-0.2, 0) is 6.42 Å². The Morgan fingerprint density at radius 1 is 1.24 bits per heavy atom. The summed E-state index contributed by atoms with van der Waals surface area (Å²) in [5, 5.41) is 0. The van der Waals surface area contributed by atoms with Gasteiger partial charge in [-0.15, -0.1) is 0 Å². The summed E-state index contributed by atoms with van der Waals surface area (Å²) < 4.78 is 33.0. The van der Waals surface area contributed by atoms with Gasteiger partial charge in [0.25, 0.3) is 0 Å². The Balaban J connectivity index is 2.26. The topological polar surface area (TPSA) is 26.3 Å². The maximum Gasteiger partial charge on any atom is 0.167 e. The van der Waals surface area contributed by atoms with E-state index in [-0.39, 0.29) is 22.2 Å². The molecule has 0 amide bonds. The van der Waals surface area contributed by atoms with Gasteiger partial charge in [-0.1, -0.05) is 12.1 Å². The Kier molecular flexibility index (Phi) is 5.07. The number of carbonyl (C=O) groups is 1. The van der Waals surface area contributed by atoms with Crippen LogP contribution in [0, 0.1) is 11.6 Å². The van der Waals surface area contributed by atoms with Crippen molar-refractivity contribution in [3.05, 3.63) is 63.6 Å². The maximum absolute atomic E-state index is 13.9. The van der Waals surface area contributed by atoms with E-state index in [2.05, 4.69) is 15.9 Å². The predicted octanol–water partition coefficient (Wildman–Crippen LogP) is 4.55. The Labute approximate surface area is 129 Å². The summed E-state index contributed by atoms with van der Waals surface area (Å²) in [6.45, 7) is 2.31. The molecule has 21 heavy (non-hydrogen) atoms. The van der Waals surface area contributed by atoms with Crippen molar-refractivity contribution in [3.63, 3.8) is 0 Å². The molecular formula is C16H13BrF2O2. The van der Waals surface area contributed by atoms with Crippen molar-refractivity contribution in [1.82, 2.24) is 0 Å². The third-order valence-corrected chi connectivity index (χ3v) is 3.56. The summed E-state index contributed by atoms with van der Waals surface area (Å²) in [4.78, 5) is 12.2. The van der Waals surface area contributed by atoms with E-state index in [0.717, 1.165) is 6.07 Å². The molecule has 0 N–H and O–H groups in total. The van der Waals surface area contributed by atoms with E-state index in [1.54, 1.807) is 24.3 Å². The molecule has 0 unspecified atom stereocenters. The van der Waals surface area contributed by atoms with Crippen molar-refractivity contribution in [2.75, 3.05) is 6.61 Å². The number of hydrogen-bond donors (Lipinski definition) is 0. The number of hydrogen-bond acceptors (Lipinski definition) is 2. The van der Waals surface area contributed by atoms with Crippen LogP contribution in [0.5, 0.6) is 5.75 Å². The van der Waals surface area contributed by atoms with Gasteiger partial charge in [-0.05, 0) is 47.1 Å². The summed E-state index contributed by atoms with van der Waals surface area (Å²) >= 11 is 2.99. The summed E-state index contributed by atoms with van der Waals surface area (Å²) in [5.74, 6) is -1.29. The molecule has 0 aliphatic rings. The lowest BCUT2D eigenvalue weighted by Crippen LogP contribution is -2.08. The lowest BCUT2D eigenvalue weighted by molar-refractivity contribution is 0.0990. The van der Waals surface area contributed by atoms with Crippen LogP contribution in [-0.4, -0.2) is 12.4 Å². The highest BCUT2D eigenvalue weighted by atomic mass is 79.9. The average Bonchev–Trinajstić information content (AvgIpc) is 2.48. The first-order valence-corrected chi connectivity index (χ1v) is 7.20. The minimum Gasteiger partial charge on any atom is -0.494 e. The molecule has 0 fully saturated rings. The van der Waals surface area contributed by atoms with E-state index in [0.29, 0.717) is 17.9 Å². The fourth-order valence-corrected chi connectivity index (χ4v) is 2.29. The van der Waals surface area contributed by atoms with Gasteiger partial charge in [0.15, 0.2) is 5.78 Å². The molecule has 2 aromatic rings. The Hall–Kier alpha value is -1.75. The second kappa shape index (κ2) is 6.80. The molecule has 0 atom stereocenters. The van der Waals surface area contributed by atoms with Gasteiger partial charge in [0.2, 0.25) is 0 Å². The zero-order valence-electron chi connectivity index (χ0n) is 11.3. The molecule has 0 saturated heterocycles. The molecule has 0 heterocycles. The zero-order chi connectivity index (χ0) is 15.4. The number of rotatable bonds is 5. The van der Waals surface area contributed by atoms with Crippen molar-refractivity contribution in [1.29, 1.82) is 0 Å². The van der Waals surface area contributed by atoms with Crippen LogP contribution >= 0.6 is 15.9 Å². The van der Waals surface area contributed by atoms with Crippen LogP contribution in [0.2, 0.25) is 0 Å². The minimum atomic E-state index is -0.746. The molecule has 0 aliphatic carbocycles. The van der Waals surface area contributed by atoms with Gasteiger partial charge in [-0.2, -0.15) is 0 Å². The summed E-state index contributed by atoms with van der Waals surface area (Å²) in [6, 6.07) is 8.96. The van der Waals surface area contributed by atoms with Crippen molar-refractivity contribution in [2.45, 2.75) is 13.3 Å². The number of carbonyl (C=O) groups excluding carboxylic acids is 1. The Morgan fingerprint density at radius 2 is 2.00 bits per heavy atom.